The van der Waals surface area contributed by atoms with Crippen LogP contribution in [0.15, 0.2) is 95.7 Å². The van der Waals surface area contributed by atoms with Crippen LogP contribution in [0.5, 0.6) is 0 Å². The molecule has 6 heteroatoms. The summed E-state index contributed by atoms with van der Waals surface area (Å²) in [7, 11) is 0. The standard InChI is InChI=1S/C28H28N2O2S2/c1-21(23-11-5-3-6-12-23)29(19-25-15-9-17-33-25)27(31)28(32)30(20-26-16-10-18-34-26)22(2)24-13-7-4-8-14-24/h3-18,21-22H,19-20H2,1-2H3/t21-,22-/m0/s1. The van der Waals surface area contributed by atoms with E-state index in [1.165, 1.54) is 0 Å². The van der Waals surface area contributed by atoms with E-state index in [1.54, 1.807) is 32.5 Å². The third-order valence-electron chi connectivity index (χ3n) is 6.02. The Bertz CT molecular complexity index is 1080. The minimum absolute atomic E-state index is 0.240. The maximum Gasteiger partial charge on any atom is 0.312 e. The molecule has 2 amide bonds. The van der Waals surface area contributed by atoms with Gasteiger partial charge in [-0.1, -0.05) is 72.8 Å². The van der Waals surface area contributed by atoms with E-state index in [1.807, 2.05) is 110 Å². The molecule has 0 spiro atoms. The van der Waals surface area contributed by atoms with Crippen molar-refractivity contribution in [1.29, 1.82) is 0 Å². The molecule has 2 aromatic heterocycles. The van der Waals surface area contributed by atoms with Crippen LogP contribution in [0.2, 0.25) is 0 Å². The topological polar surface area (TPSA) is 40.6 Å². The Labute approximate surface area is 209 Å². The third kappa shape index (κ3) is 5.64. The lowest BCUT2D eigenvalue weighted by molar-refractivity contribution is -0.155. The Morgan fingerprint density at radius 2 is 1.00 bits per heavy atom. The van der Waals surface area contributed by atoms with Gasteiger partial charge in [-0.05, 0) is 47.9 Å². The van der Waals surface area contributed by atoms with Crippen molar-refractivity contribution in [3.05, 3.63) is 117 Å². The quantitative estimate of drug-likeness (QED) is 0.259. The van der Waals surface area contributed by atoms with Gasteiger partial charge >= 0.3 is 11.8 Å². The summed E-state index contributed by atoms with van der Waals surface area (Å²) in [6.45, 7) is 4.76. The number of carbonyl (C=O) groups is 2. The van der Waals surface area contributed by atoms with Crippen LogP contribution in [0.1, 0.15) is 46.8 Å². The molecule has 0 aliphatic rings. The van der Waals surface area contributed by atoms with Crippen LogP contribution in [0.25, 0.3) is 0 Å². The SMILES string of the molecule is C[C@@H](c1ccccc1)N(Cc1cccs1)C(=O)C(=O)N(Cc1cccs1)[C@@H](C)c1ccccc1. The monoisotopic (exact) mass is 488 g/mol. The number of hydrogen-bond acceptors (Lipinski definition) is 4. The summed E-state index contributed by atoms with van der Waals surface area (Å²) in [5.41, 5.74) is 2.00. The first-order valence-electron chi connectivity index (χ1n) is 11.3. The molecule has 4 nitrogen and oxygen atoms in total. The van der Waals surface area contributed by atoms with E-state index in [0.29, 0.717) is 13.1 Å². The molecule has 0 radical (unpaired) electrons. The fourth-order valence-electron chi connectivity index (χ4n) is 3.98. The minimum Gasteiger partial charge on any atom is -0.323 e. The van der Waals surface area contributed by atoms with Crippen LogP contribution in [0, 0.1) is 0 Å². The molecule has 0 N–H and O–H groups in total. The Morgan fingerprint density at radius 1 is 0.618 bits per heavy atom. The summed E-state index contributed by atoms with van der Waals surface area (Å²) < 4.78 is 0. The van der Waals surface area contributed by atoms with Gasteiger partial charge in [0.05, 0.1) is 25.2 Å². The largest absolute Gasteiger partial charge is 0.323 e. The fraction of sp³-hybridized carbons (Fsp3) is 0.214. The van der Waals surface area contributed by atoms with E-state index in [2.05, 4.69) is 0 Å². The lowest BCUT2D eigenvalue weighted by atomic mass is 10.1. The maximum atomic E-state index is 13.8. The van der Waals surface area contributed by atoms with Crippen molar-refractivity contribution >= 4 is 34.5 Å². The number of benzene rings is 2. The van der Waals surface area contributed by atoms with Crippen molar-refractivity contribution in [2.75, 3.05) is 0 Å². The number of carbonyl (C=O) groups excluding carboxylic acids is 2. The highest BCUT2D eigenvalue weighted by Gasteiger charge is 2.33. The van der Waals surface area contributed by atoms with E-state index in [9.17, 15) is 9.59 Å². The molecular weight excluding hydrogens is 460 g/mol. The van der Waals surface area contributed by atoms with Crippen molar-refractivity contribution in [1.82, 2.24) is 9.80 Å². The van der Waals surface area contributed by atoms with Crippen LogP contribution in [0.3, 0.4) is 0 Å². The predicted octanol–water partition coefficient (Wildman–Crippen LogP) is 6.69. The summed E-state index contributed by atoms with van der Waals surface area (Å²) in [6.07, 6.45) is 0. The van der Waals surface area contributed by atoms with Gasteiger partial charge in [0, 0.05) is 9.75 Å². The highest BCUT2D eigenvalue weighted by atomic mass is 32.1. The van der Waals surface area contributed by atoms with Gasteiger partial charge < -0.3 is 9.80 Å². The van der Waals surface area contributed by atoms with E-state index >= 15 is 0 Å². The molecule has 2 heterocycles. The molecule has 0 saturated carbocycles. The van der Waals surface area contributed by atoms with E-state index in [-0.39, 0.29) is 12.1 Å². The van der Waals surface area contributed by atoms with Gasteiger partial charge in [-0.25, -0.2) is 0 Å². The molecule has 0 bridgehead atoms. The first-order valence-corrected chi connectivity index (χ1v) is 13.1. The highest BCUT2D eigenvalue weighted by molar-refractivity contribution is 7.10. The normalized spacial score (nSPS) is 12.6. The molecule has 0 saturated heterocycles. The highest BCUT2D eigenvalue weighted by Crippen LogP contribution is 2.28. The predicted molar refractivity (Wildman–Crippen MR) is 139 cm³/mol. The second-order valence-electron chi connectivity index (χ2n) is 8.20. The van der Waals surface area contributed by atoms with Crippen LogP contribution >= 0.6 is 22.7 Å². The Hall–Kier alpha value is -3.22. The summed E-state index contributed by atoms with van der Waals surface area (Å²) in [4.78, 5) is 33.2. The van der Waals surface area contributed by atoms with Gasteiger partial charge in [0.1, 0.15) is 0 Å². The molecular formula is C28H28N2O2S2. The first kappa shape index (κ1) is 23.9. The van der Waals surface area contributed by atoms with E-state index < -0.39 is 11.8 Å². The molecule has 2 atom stereocenters. The first-order chi connectivity index (χ1) is 16.5. The molecule has 0 aliphatic heterocycles. The summed E-state index contributed by atoms with van der Waals surface area (Å²) in [6, 6.07) is 27.2. The molecule has 0 aliphatic carbocycles. The second-order valence-corrected chi connectivity index (χ2v) is 10.3. The lowest BCUT2D eigenvalue weighted by Crippen LogP contribution is -2.46. The zero-order valence-electron chi connectivity index (χ0n) is 19.3. The van der Waals surface area contributed by atoms with Crippen LogP contribution in [-0.4, -0.2) is 21.6 Å². The van der Waals surface area contributed by atoms with Crippen molar-refractivity contribution in [2.24, 2.45) is 0 Å². The van der Waals surface area contributed by atoms with Gasteiger partial charge in [0.15, 0.2) is 0 Å². The van der Waals surface area contributed by atoms with Crippen LogP contribution < -0.4 is 0 Å². The third-order valence-corrected chi connectivity index (χ3v) is 7.74. The number of amides is 2. The summed E-state index contributed by atoms with van der Waals surface area (Å²) in [5, 5.41) is 3.99. The molecule has 0 fully saturated rings. The van der Waals surface area contributed by atoms with E-state index in [0.717, 1.165) is 20.9 Å². The molecule has 174 valence electrons. The average Bonchev–Trinajstić information content (AvgIpc) is 3.60. The number of nitrogens with zero attached hydrogens (tertiary/aromatic N) is 2. The molecule has 4 rings (SSSR count). The van der Waals surface area contributed by atoms with Crippen molar-refractivity contribution in [3.63, 3.8) is 0 Å². The van der Waals surface area contributed by atoms with Crippen molar-refractivity contribution in [2.45, 2.75) is 39.0 Å². The smallest absolute Gasteiger partial charge is 0.312 e. The van der Waals surface area contributed by atoms with Crippen molar-refractivity contribution in [3.8, 4) is 0 Å². The molecule has 34 heavy (non-hydrogen) atoms. The fourth-order valence-corrected chi connectivity index (χ4v) is 5.38. The lowest BCUT2D eigenvalue weighted by Gasteiger charge is -2.34. The Morgan fingerprint density at radius 3 is 1.32 bits per heavy atom. The number of hydrogen-bond donors (Lipinski definition) is 0. The minimum atomic E-state index is -0.482. The zero-order chi connectivity index (χ0) is 23.9. The second kappa shape index (κ2) is 11.3. The van der Waals surface area contributed by atoms with Crippen LogP contribution in [0.4, 0.5) is 0 Å². The van der Waals surface area contributed by atoms with Gasteiger partial charge in [-0.2, -0.15) is 0 Å². The molecule has 0 unspecified atom stereocenters. The average molecular weight is 489 g/mol. The summed E-state index contributed by atoms with van der Waals surface area (Å²) >= 11 is 3.18. The van der Waals surface area contributed by atoms with Gasteiger partial charge in [-0.3, -0.25) is 9.59 Å². The van der Waals surface area contributed by atoms with Crippen molar-refractivity contribution < 1.29 is 9.59 Å². The van der Waals surface area contributed by atoms with Gasteiger partial charge in [0.25, 0.3) is 0 Å². The molecule has 2 aromatic carbocycles. The van der Waals surface area contributed by atoms with Gasteiger partial charge in [0.2, 0.25) is 0 Å². The molecule has 4 aromatic rings. The van der Waals surface area contributed by atoms with E-state index in [4.69, 9.17) is 0 Å². The zero-order valence-corrected chi connectivity index (χ0v) is 21.0. The number of rotatable bonds is 8. The Balaban J connectivity index is 1.66. The van der Waals surface area contributed by atoms with Crippen LogP contribution in [-0.2, 0) is 22.7 Å². The summed E-state index contributed by atoms with van der Waals surface area (Å²) in [5.74, 6) is -0.965. The Kier molecular flexibility index (Phi) is 7.93. The van der Waals surface area contributed by atoms with Gasteiger partial charge in [-0.15, -0.1) is 22.7 Å². The number of thiophene rings is 2. The maximum absolute atomic E-state index is 13.8.